The molecule has 1 aliphatic rings. The summed E-state index contributed by atoms with van der Waals surface area (Å²) in [6, 6.07) is 2.79. The number of nitro benzene ring substituents is 1. The third-order valence-corrected chi connectivity index (χ3v) is 6.46. The number of aliphatic carboxylic acids is 1. The average molecular weight is 363 g/mol. The van der Waals surface area contributed by atoms with E-state index < -0.39 is 43.5 Å². The van der Waals surface area contributed by atoms with Crippen molar-refractivity contribution in [1.29, 1.82) is 0 Å². The van der Waals surface area contributed by atoms with Crippen molar-refractivity contribution in [1.82, 2.24) is 4.31 Å². The van der Waals surface area contributed by atoms with Crippen LogP contribution >= 0.6 is 11.6 Å². The second-order valence-electron chi connectivity index (χ2n) is 5.29. The van der Waals surface area contributed by atoms with Crippen LogP contribution in [0.5, 0.6) is 0 Å². The number of hydrogen-bond acceptors (Lipinski definition) is 5. The summed E-state index contributed by atoms with van der Waals surface area (Å²) in [5, 5.41) is 20.1. The van der Waals surface area contributed by atoms with Crippen molar-refractivity contribution in [3.05, 3.63) is 33.3 Å². The maximum atomic E-state index is 12.9. The van der Waals surface area contributed by atoms with Crippen molar-refractivity contribution in [2.24, 2.45) is 5.92 Å². The normalized spacial score (nSPS) is 22.7. The van der Waals surface area contributed by atoms with Gasteiger partial charge in [0.2, 0.25) is 0 Å². The molecule has 8 nitrogen and oxygen atoms in total. The van der Waals surface area contributed by atoms with Crippen LogP contribution in [0.1, 0.15) is 19.8 Å². The van der Waals surface area contributed by atoms with Gasteiger partial charge in [-0.15, -0.1) is 0 Å². The van der Waals surface area contributed by atoms with E-state index in [2.05, 4.69) is 0 Å². The summed E-state index contributed by atoms with van der Waals surface area (Å²) in [6.07, 6.45) is 0.714. The number of nitrogens with zero attached hydrogens (tertiary/aromatic N) is 2. The molecule has 1 N–H and O–H groups in total. The lowest BCUT2D eigenvalue weighted by molar-refractivity contribution is -0.387. The first kappa shape index (κ1) is 17.6. The lowest BCUT2D eigenvalue weighted by Crippen LogP contribution is -2.49. The van der Waals surface area contributed by atoms with Gasteiger partial charge in [0.05, 0.1) is 15.9 Å². The molecule has 2 atom stereocenters. The maximum Gasteiger partial charge on any atom is 0.308 e. The van der Waals surface area contributed by atoms with Gasteiger partial charge in [-0.25, -0.2) is 8.42 Å². The molecule has 23 heavy (non-hydrogen) atoms. The summed E-state index contributed by atoms with van der Waals surface area (Å²) in [7, 11) is -4.29. The quantitative estimate of drug-likeness (QED) is 0.647. The molecule has 0 amide bonds. The zero-order chi connectivity index (χ0) is 17.4. The second-order valence-corrected chi connectivity index (χ2v) is 7.52. The van der Waals surface area contributed by atoms with Gasteiger partial charge in [0, 0.05) is 18.7 Å². The van der Waals surface area contributed by atoms with E-state index in [0.29, 0.717) is 12.8 Å². The van der Waals surface area contributed by atoms with Crippen molar-refractivity contribution in [2.45, 2.75) is 30.7 Å². The Balaban J connectivity index is 2.55. The maximum absolute atomic E-state index is 12.9. The molecule has 1 aromatic rings. The predicted molar refractivity (Wildman–Crippen MR) is 81.8 cm³/mol. The number of halogens is 1. The van der Waals surface area contributed by atoms with Crippen LogP contribution in [0, 0.1) is 16.0 Å². The summed E-state index contributed by atoms with van der Waals surface area (Å²) in [5.41, 5.74) is -0.623. The summed E-state index contributed by atoms with van der Waals surface area (Å²) in [5.74, 6) is -1.95. The molecule has 1 heterocycles. The molecule has 1 saturated heterocycles. The van der Waals surface area contributed by atoms with Crippen LogP contribution in [0.2, 0.25) is 5.02 Å². The number of benzene rings is 1. The Labute approximate surface area is 137 Å². The standard InChI is InChI=1S/C13H15ClN2O6S/c1-8-9(13(17)18)4-3-7-15(8)23(21,22)12-10(14)5-2-6-11(12)16(19)20/h2,5-6,8-9H,3-4,7H2,1H3,(H,17,18)/t8-,9-/m1/s1. The smallest absolute Gasteiger partial charge is 0.308 e. The highest BCUT2D eigenvalue weighted by Crippen LogP contribution is 2.36. The molecule has 1 fully saturated rings. The van der Waals surface area contributed by atoms with Gasteiger partial charge < -0.3 is 5.11 Å². The summed E-state index contributed by atoms with van der Waals surface area (Å²) in [4.78, 5) is 21.0. The molecule has 0 spiro atoms. The van der Waals surface area contributed by atoms with Crippen LogP contribution in [-0.4, -0.2) is 41.3 Å². The van der Waals surface area contributed by atoms with Crippen LogP contribution in [-0.2, 0) is 14.8 Å². The fourth-order valence-corrected chi connectivity index (χ4v) is 5.17. The molecular formula is C13H15ClN2O6S. The number of carboxylic acid groups (broad SMARTS) is 1. The van der Waals surface area contributed by atoms with Crippen LogP contribution in [0.3, 0.4) is 0 Å². The second kappa shape index (κ2) is 6.42. The number of rotatable bonds is 4. The molecule has 0 aliphatic carbocycles. The van der Waals surface area contributed by atoms with E-state index in [4.69, 9.17) is 11.6 Å². The van der Waals surface area contributed by atoms with Gasteiger partial charge >= 0.3 is 5.97 Å². The van der Waals surface area contributed by atoms with Crippen LogP contribution in [0.4, 0.5) is 5.69 Å². The first-order valence-electron chi connectivity index (χ1n) is 6.85. The lowest BCUT2D eigenvalue weighted by atomic mass is 9.92. The van der Waals surface area contributed by atoms with E-state index in [1.807, 2.05) is 0 Å². The number of carboxylic acids is 1. The lowest BCUT2D eigenvalue weighted by Gasteiger charge is -2.36. The molecule has 0 aromatic heterocycles. The Morgan fingerprint density at radius 1 is 1.48 bits per heavy atom. The molecule has 126 valence electrons. The van der Waals surface area contributed by atoms with Gasteiger partial charge in [-0.2, -0.15) is 4.31 Å². The van der Waals surface area contributed by atoms with Crippen LogP contribution in [0.25, 0.3) is 0 Å². The fraction of sp³-hybridized carbons (Fsp3) is 0.462. The third kappa shape index (κ3) is 3.17. The number of piperidine rings is 1. The van der Waals surface area contributed by atoms with Crippen LogP contribution < -0.4 is 0 Å². The van der Waals surface area contributed by atoms with Gasteiger partial charge in [0.1, 0.15) is 0 Å². The van der Waals surface area contributed by atoms with Crippen molar-refractivity contribution >= 4 is 33.3 Å². The van der Waals surface area contributed by atoms with Gasteiger partial charge in [0.25, 0.3) is 15.7 Å². The van der Waals surface area contributed by atoms with Crippen molar-refractivity contribution in [3.8, 4) is 0 Å². The molecule has 0 radical (unpaired) electrons. The van der Waals surface area contributed by atoms with Gasteiger partial charge in [-0.3, -0.25) is 14.9 Å². The Morgan fingerprint density at radius 3 is 2.70 bits per heavy atom. The summed E-state index contributed by atoms with van der Waals surface area (Å²) < 4.78 is 26.7. The van der Waals surface area contributed by atoms with Crippen molar-refractivity contribution in [2.75, 3.05) is 6.54 Å². The minimum Gasteiger partial charge on any atom is -0.481 e. The van der Waals surface area contributed by atoms with E-state index in [1.165, 1.54) is 19.1 Å². The highest BCUT2D eigenvalue weighted by atomic mass is 35.5. The molecule has 2 rings (SSSR count). The molecule has 1 aliphatic heterocycles. The number of nitro groups is 1. The first-order chi connectivity index (χ1) is 10.7. The van der Waals surface area contributed by atoms with Crippen molar-refractivity contribution in [3.63, 3.8) is 0 Å². The molecule has 0 saturated carbocycles. The van der Waals surface area contributed by atoms with E-state index in [0.717, 1.165) is 10.4 Å². The Morgan fingerprint density at radius 2 is 2.13 bits per heavy atom. The number of sulfonamides is 1. The average Bonchev–Trinajstić information content (AvgIpc) is 2.46. The molecule has 0 bridgehead atoms. The third-order valence-electron chi connectivity index (χ3n) is 3.96. The van der Waals surface area contributed by atoms with E-state index in [-0.39, 0.29) is 11.6 Å². The fourth-order valence-electron chi connectivity index (χ4n) is 2.80. The molecule has 10 heteroatoms. The van der Waals surface area contributed by atoms with Gasteiger partial charge in [-0.05, 0) is 25.8 Å². The number of carbonyl (C=O) groups is 1. The summed E-state index contributed by atoms with van der Waals surface area (Å²) >= 11 is 5.90. The Kier molecular flexibility index (Phi) is 4.92. The minimum absolute atomic E-state index is 0.0929. The zero-order valence-electron chi connectivity index (χ0n) is 12.2. The highest BCUT2D eigenvalue weighted by molar-refractivity contribution is 7.89. The van der Waals surface area contributed by atoms with E-state index in [9.17, 15) is 28.4 Å². The molecular weight excluding hydrogens is 348 g/mol. The largest absolute Gasteiger partial charge is 0.481 e. The zero-order valence-corrected chi connectivity index (χ0v) is 13.7. The van der Waals surface area contributed by atoms with Crippen molar-refractivity contribution < 1.29 is 23.2 Å². The van der Waals surface area contributed by atoms with Gasteiger partial charge in [0.15, 0.2) is 4.90 Å². The van der Waals surface area contributed by atoms with Crippen LogP contribution in [0.15, 0.2) is 23.1 Å². The molecule has 1 aromatic carbocycles. The predicted octanol–water partition coefficient (Wildman–Crippen LogP) is 2.12. The van der Waals surface area contributed by atoms with E-state index >= 15 is 0 Å². The Bertz CT molecular complexity index is 751. The Hall–Kier alpha value is -1.71. The topological polar surface area (TPSA) is 118 Å². The highest BCUT2D eigenvalue weighted by Gasteiger charge is 2.42. The monoisotopic (exact) mass is 362 g/mol. The first-order valence-corrected chi connectivity index (χ1v) is 8.67. The number of hydrogen-bond donors (Lipinski definition) is 1. The van der Waals surface area contributed by atoms with Gasteiger partial charge in [-0.1, -0.05) is 17.7 Å². The van der Waals surface area contributed by atoms with E-state index in [1.54, 1.807) is 0 Å². The SMILES string of the molecule is C[C@@H]1[C@H](C(=O)O)CCCN1S(=O)(=O)c1c(Cl)cccc1[N+](=O)[O-]. The molecule has 0 unspecified atom stereocenters. The minimum atomic E-state index is -4.29. The summed E-state index contributed by atoms with van der Waals surface area (Å²) in [6.45, 7) is 1.58.